The van der Waals surface area contributed by atoms with Crippen LogP contribution in [0.1, 0.15) is 40.0 Å². The van der Waals surface area contributed by atoms with Gasteiger partial charge in [0.25, 0.3) is 0 Å². The maximum Gasteiger partial charge on any atom is 0.225 e. The maximum atomic E-state index is 11.9. The largest absolute Gasteiger partial charge is 0.396 e. The Labute approximate surface area is 115 Å². The zero-order chi connectivity index (χ0) is 14.5. The molecule has 2 N–H and O–H groups in total. The SMILES string of the molecule is CC(C)(C)C(=O)NCCC(=O)N1CCC(CO)CC1. The molecule has 0 aliphatic carbocycles. The van der Waals surface area contributed by atoms with Crippen LogP contribution in [0.25, 0.3) is 0 Å². The van der Waals surface area contributed by atoms with E-state index in [1.807, 2.05) is 25.7 Å². The molecule has 2 amide bonds. The summed E-state index contributed by atoms with van der Waals surface area (Å²) in [5, 5.41) is 11.8. The summed E-state index contributed by atoms with van der Waals surface area (Å²) in [4.78, 5) is 25.4. The Hall–Kier alpha value is -1.10. The molecule has 110 valence electrons. The van der Waals surface area contributed by atoms with Crippen LogP contribution in [-0.2, 0) is 9.59 Å². The van der Waals surface area contributed by atoms with E-state index >= 15 is 0 Å². The van der Waals surface area contributed by atoms with Crippen molar-refractivity contribution in [2.45, 2.75) is 40.0 Å². The molecule has 1 saturated heterocycles. The lowest BCUT2D eigenvalue weighted by Gasteiger charge is -2.31. The second-order valence-electron chi connectivity index (χ2n) is 6.26. The van der Waals surface area contributed by atoms with Gasteiger partial charge in [0.05, 0.1) is 0 Å². The van der Waals surface area contributed by atoms with Gasteiger partial charge in [0, 0.05) is 38.1 Å². The third-order valence-corrected chi connectivity index (χ3v) is 3.53. The van der Waals surface area contributed by atoms with Gasteiger partial charge in [-0.15, -0.1) is 0 Å². The molecule has 1 fully saturated rings. The predicted octanol–water partition coefficient (Wildman–Crippen LogP) is 0.770. The van der Waals surface area contributed by atoms with Crippen molar-refractivity contribution in [1.29, 1.82) is 0 Å². The molecule has 1 aliphatic heterocycles. The van der Waals surface area contributed by atoms with Crippen LogP contribution in [0.3, 0.4) is 0 Å². The van der Waals surface area contributed by atoms with E-state index in [1.165, 1.54) is 0 Å². The number of hydrogen-bond acceptors (Lipinski definition) is 3. The van der Waals surface area contributed by atoms with Gasteiger partial charge in [0.2, 0.25) is 11.8 Å². The Morgan fingerprint density at radius 1 is 1.26 bits per heavy atom. The molecule has 1 aliphatic rings. The lowest BCUT2D eigenvalue weighted by molar-refractivity contribution is -0.133. The van der Waals surface area contributed by atoms with E-state index in [4.69, 9.17) is 5.11 Å². The molecule has 0 bridgehead atoms. The fourth-order valence-electron chi connectivity index (χ4n) is 2.07. The van der Waals surface area contributed by atoms with Crippen LogP contribution < -0.4 is 5.32 Å². The number of nitrogens with zero attached hydrogens (tertiary/aromatic N) is 1. The van der Waals surface area contributed by atoms with E-state index in [2.05, 4.69) is 5.32 Å². The third kappa shape index (κ3) is 5.19. The second-order valence-corrected chi connectivity index (χ2v) is 6.26. The Bertz CT molecular complexity index is 315. The molecular weight excluding hydrogens is 244 g/mol. The van der Waals surface area contributed by atoms with E-state index in [9.17, 15) is 9.59 Å². The molecule has 19 heavy (non-hydrogen) atoms. The van der Waals surface area contributed by atoms with E-state index < -0.39 is 5.41 Å². The van der Waals surface area contributed by atoms with E-state index in [-0.39, 0.29) is 18.4 Å². The molecule has 0 unspecified atom stereocenters. The first-order valence-corrected chi connectivity index (χ1v) is 7.01. The predicted molar refractivity (Wildman–Crippen MR) is 73.5 cm³/mol. The Kier molecular flexibility index (Phi) is 5.79. The van der Waals surface area contributed by atoms with Crippen molar-refractivity contribution in [3.05, 3.63) is 0 Å². The summed E-state index contributed by atoms with van der Waals surface area (Å²) >= 11 is 0. The molecule has 0 aromatic heterocycles. The molecule has 0 atom stereocenters. The number of amides is 2. The summed E-state index contributed by atoms with van der Waals surface area (Å²) in [6.45, 7) is 7.60. The van der Waals surface area contributed by atoms with E-state index in [0.29, 0.717) is 18.9 Å². The number of carbonyl (C=O) groups excluding carboxylic acids is 2. The summed E-state index contributed by atoms with van der Waals surface area (Å²) < 4.78 is 0. The molecule has 0 spiro atoms. The first kappa shape index (κ1) is 16.0. The van der Waals surface area contributed by atoms with Gasteiger partial charge in [-0.1, -0.05) is 20.8 Å². The van der Waals surface area contributed by atoms with E-state index in [1.54, 1.807) is 0 Å². The topological polar surface area (TPSA) is 69.6 Å². The average molecular weight is 270 g/mol. The normalized spacial score (nSPS) is 17.4. The van der Waals surface area contributed by atoms with Gasteiger partial charge in [-0.2, -0.15) is 0 Å². The lowest BCUT2D eigenvalue weighted by Crippen LogP contribution is -2.41. The fourth-order valence-corrected chi connectivity index (χ4v) is 2.07. The molecule has 1 rings (SSSR count). The minimum absolute atomic E-state index is 0.0284. The van der Waals surface area contributed by atoms with Gasteiger partial charge < -0.3 is 15.3 Å². The lowest BCUT2D eigenvalue weighted by atomic mass is 9.95. The van der Waals surface area contributed by atoms with Crippen molar-refractivity contribution >= 4 is 11.8 Å². The molecule has 1 heterocycles. The van der Waals surface area contributed by atoms with Gasteiger partial charge in [-0.05, 0) is 18.8 Å². The van der Waals surface area contributed by atoms with Crippen LogP contribution in [0, 0.1) is 11.3 Å². The molecule has 0 radical (unpaired) electrons. The third-order valence-electron chi connectivity index (χ3n) is 3.53. The highest BCUT2D eigenvalue weighted by Crippen LogP contribution is 2.17. The van der Waals surface area contributed by atoms with E-state index in [0.717, 1.165) is 25.9 Å². The van der Waals surface area contributed by atoms with Crippen molar-refractivity contribution < 1.29 is 14.7 Å². The monoisotopic (exact) mass is 270 g/mol. The highest BCUT2D eigenvalue weighted by Gasteiger charge is 2.23. The highest BCUT2D eigenvalue weighted by atomic mass is 16.3. The number of hydrogen-bond donors (Lipinski definition) is 2. The van der Waals surface area contributed by atoms with Crippen molar-refractivity contribution in [2.75, 3.05) is 26.2 Å². The van der Waals surface area contributed by atoms with Gasteiger partial charge in [-0.25, -0.2) is 0 Å². The van der Waals surface area contributed by atoms with Crippen LogP contribution in [0.4, 0.5) is 0 Å². The van der Waals surface area contributed by atoms with Gasteiger partial charge >= 0.3 is 0 Å². The van der Waals surface area contributed by atoms with Crippen molar-refractivity contribution in [3.8, 4) is 0 Å². The fraction of sp³-hybridized carbons (Fsp3) is 0.857. The number of aliphatic hydroxyl groups excluding tert-OH is 1. The summed E-state index contributed by atoms with van der Waals surface area (Å²) in [6.07, 6.45) is 2.10. The zero-order valence-electron chi connectivity index (χ0n) is 12.2. The van der Waals surface area contributed by atoms with Crippen molar-refractivity contribution in [1.82, 2.24) is 10.2 Å². The van der Waals surface area contributed by atoms with Gasteiger partial charge in [0.1, 0.15) is 0 Å². The van der Waals surface area contributed by atoms with Gasteiger partial charge in [0.15, 0.2) is 0 Å². The van der Waals surface area contributed by atoms with Crippen LogP contribution in [-0.4, -0.2) is 48.1 Å². The molecule has 5 heteroatoms. The average Bonchev–Trinajstić information content (AvgIpc) is 2.37. The number of nitrogens with one attached hydrogen (secondary N) is 1. The number of carbonyl (C=O) groups is 2. The maximum absolute atomic E-state index is 11.9. The smallest absolute Gasteiger partial charge is 0.225 e. The number of likely N-dealkylation sites (tertiary alicyclic amines) is 1. The minimum Gasteiger partial charge on any atom is -0.396 e. The first-order chi connectivity index (χ1) is 8.84. The highest BCUT2D eigenvalue weighted by molar-refractivity contribution is 5.82. The van der Waals surface area contributed by atoms with Crippen LogP contribution in [0.5, 0.6) is 0 Å². The molecule has 0 saturated carbocycles. The van der Waals surface area contributed by atoms with Gasteiger partial charge in [-0.3, -0.25) is 9.59 Å². The van der Waals surface area contributed by atoms with Crippen molar-refractivity contribution in [3.63, 3.8) is 0 Å². The number of rotatable bonds is 4. The van der Waals surface area contributed by atoms with Crippen LogP contribution in [0.15, 0.2) is 0 Å². The molecule has 0 aromatic rings. The molecular formula is C14H26N2O3. The van der Waals surface area contributed by atoms with Crippen LogP contribution in [0.2, 0.25) is 0 Å². The van der Waals surface area contributed by atoms with Crippen molar-refractivity contribution in [2.24, 2.45) is 11.3 Å². The zero-order valence-corrected chi connectivity index (χ0v) is 12.2. The molecule has 5 nitrogen and oxygen atoms in total. The Morgan fingerprint density at radius 2 is 1.84 bits per heavy atom. The molecule has 0 aromatic carbocycles. The quantitative estimate of drug-likeness (QED) is 0.793. The summed E-state index contributed by atoms with van der Waals surface area (Å²) in [6, 6.07) is 0. The Balaban J connectivity index is 2.24. The Morgan fingerprint density at radius 3 is 2.32 bits per heavy atom. The number of aliphatic hydroxyl groups is 1. The minimum atomic E-state index is -0.414. The van der Waals surface area contributed by atoms with Crippen LogP contribution >= 0.6 is 0 Å². The summed E-state index contributed by atoms with van der Waals surface area (Å²) in [7, 11) is 0. The summed E-state index contributed by atoms with van der Waals surface area (Å²) in [5.74, 6) is 0.398. The number of piperidine rings is 1. The first-order valence-electron chi connectivity index (χ1n) is 7.01. The summed E-state index contributed by atoms with van der Waals surface area (Å²) in [5.41, 5.74) is -0.414. The second kappa shape index (κ2) is 6.89. The standard InChI is InChI=1S/C14H26N2O3/c1-14(2,3)13(19)15-7-4-12(18)16-8-5-11(10-17)6-9-16/h11,17H,4-10H2,1-3H3,(H,15,19).